The van der Waals surface area contributed by atoms with Gasteiger partial charge in [-0.2, -0.15) is 0 Å². The quantitative estimate of drug-likeness (QED) is 0.783. The van der Waals surface area contributed by atoms with E-state index in [9.17, 15) is 0 Å². The molecule has 3 fully saturated rings. The fraction of sp³-hybridized carbons (Fsp3) is 0.538. The number of fused-ring (bicyclic) bond motifs is 2. The Hall–Kier alpha value is -0.900. The van der Waals surface area contributed by atoms with Gasteiger partial charge in [0.05, 0.1) is 0 Å². The molecule has 2 atom stereocenters. The Morgan fingerprint density at radius 1 is 1.19 bits per heavy atom. The van der Waals surface area contributed by atoms with Crippen LogP contribution >= 0.6 is 0 Å². The first-order valence-electron chi connectivity index (χ1n) is 6.10. The first-order valence-corrected chi connectivity index (χ1v) is 6.10. The molecule has 0 spiro atoms. The molecule has 3 heteroatoms. The van der Waals surface area contributed by atoms with E-state index >= 15 is 0 Å². The molecule has 3 aliphatic rings. The maximum atomic E-state index is 5.76. The van der Waals surface area contributed by atoms with Crippen molar-refractivity contribution in [2.45, 2.75) is 31.6 Å². The summed E-state index contributed by atoms with van der Waals surface area (Å²) in [5.41, 5.74) is 8.44. The van der Waals surface area contributed by atoms with Gasteiger partial charge in [-0.25, -0.2) is 0 Å². The number of hydrogen-bond donors (Lipinski definition) is 2. The lowest BCUT2D eigenvalue weighted by atomic mass is 9.91. The summed E-state index contributed by atoms with van der Waals surface area (Å²) in [5, 5.41) is 3.56. The van der Waals surface area contributed by atoms with Gasteiger partial charge in [-0.3, -0.25) is 4.90 Å². The van der Waals surface area contributed by atoms with Gasteiger partial charge in [-0.1, -0.05) is 24.3 Å². The molecule has 0 aromatic heterocycles. The summed E-state index contributed by atoms with van der Waals surface area (Å²) in [6, 6.07) is 10.00. The normalized spacial score (nSPS) is 28.8. The lowest BCUT2D eigenvalue weighted by Crippen LogP contribution is -2.66. The minimum absolute atomic E-state index is 0.648. The topological polar surface area (TPSA) is 41.3 Å². The Morgan fingerprint density at radius 3 is 2.44 bits per heavy atom. The smallest absolute Gasteiger partial charge is 0.0238 e. The van der Waals surface area contributed by atoms with Crippen molar-refractivity contribution in [1.82, 2.24) is 10.2 Å². The van der Waals surface area contributed by atoms with Crippen molar-refractivity contribution < 1.29 is 0 Å². The number of nitrogens with two attached hydrogens (primary N) is 1. The van der Waals surface area contributed by atoms with Crippen LogP contribution in [0.15, 0.2) is 24.3 Å². The zero-order valence-electron chi connectivity index (χ0n) is 9.52. The molecule has 2 bridgehead atoms. The third kappa shape index (κ3) is 1.86. The third-order valence-corrected chi connectivity index (χ3v) is 3.73. The second kappa shape index (κ2) is 4.17. The molecule has 3 aliphatic heterocycles. The second-order valence-corrected chi connectivity index (χ2v) is 4.96. The zero-order valence-corrected chi connectivity index (χ0v) is 9.52. The minimum atomic E-state index is 0.648. The number of hydrogen-bond acceptors (Lipinski definition) is 3. The molecule has 4 rings (SSSR count). The highest BCUT2D eigenvalue weighted by Gasteiger charge is 2.36. The van der Waals surface area contributed by atoms with E-state index in [0.717, 1.165) is 18.6 Å². The van der Waals surface area contributed by atoms with Gasteiger partial charge < -0.3 is 11.1 Å². The number of piperazine rings is 1. The molecule has 3 nitrogen and oxygen atoms in total. The minimum Gasteiger partial charge on any atom is -0.326 e. The monoisotopic (exact) mass is 217 g/mol. The lowest BCUT2D eigenvalue weighted by Gasteiger charge is -2.48. The molecule has 86 valence electrons. The number of rotatable bonds is 3. The second-order valence-electron chi connectivity index (χ2n) is 4.96. The lowest BCUT2D eigenvalue weighted by molar-refractivity contribution is 0.0724. The van der Waals surface area contributed by atoms with Crippen molar-refractivity contribution in [1.29, 1.82) is 0 Å². The van der Waals surface area contributed by atoms with Crippen LogP contribution in [0, 0.1) is 0 Å². The van der Waals surface area contributed by atoms with E-state index in [1.165, 1.54) is 30.6 Å². The SMILES string of the molecule is NCc1ccccc1CN1CC2CC(C1)N2. The summed E-state index contributed by atoms with van der Waals surface area (Å²) in [5.74, 6) is 0. The summed E-state index contributed by atoms with van der Waals surface area (Å²) in [7, 11) is 0. The van der Waals surface area contributed by atoms with E-state index in [2.05, 4.69) is 34.5 Å². The molecule has 16 heavy (non-hydrogen) atoms. The van der Waals surface area contributed by atoms with Crippen LogP contribution in [0.1, 0.15) is 17.5 Å². The fourth-order valence-electron chi connectivity index (χ4n) is 2.89. The maximum Gasteiger partial charge on any atom is 0.0238 e. The number of benzene rings is 1. The van der Waals surface area contributed by atoms with Crippen LogP contribution in [0.5, 0.6) is 0 Å². The highest BCUT2D eigenvalue weighted by molar-refractivity contribution is 5.27. The van der Waals surface area contributed by atoms with E-state index in [0.29, 0.717) is 6.54 Å². The predicted molar refractivity (Wildman–Crippen MR) is 64.9 cm³/mol. The Bertz CT molecular complexity index is 361. The van der Waals surface area contributed by atoms with Crippen molar-refractivity contribution in [3.05, 3.63) is 35.4 Å². The Balaban J connectivity index is 1.69. The van der Waals surface area contributed by atoms with Crippen LogP contribution in [0.2, 0.25) is 0 Å². The molecule has 1 aromatic carbocycles. The molecule has 3 heterocycles. The van der Waals surface area contributed by atoms with Gasteiger partial charge in [-0.15, -0.1) is 0 Å². The standard InChI is InChI=1S/C13H19N3/c14-6-10-3-1-2-4-11(10)7-16-8-12-5-13(9-16)15-12/h1-4,12-13,15H,5-9,14H2. The van der Waals surface area contributed by atoms with Crippen molar-refractivity contribution in [2.75, 3.05) is 13.1 Å². The van der Waals surface area contributed by atoms with Gasteiger partial charge in [0.2, 0.25) is 0 Å². The van der Waals surface area contributed by atoms with Gasteiger partial charge in [-0.05, 0) is 17.5 Å². The summed E-state index contributed by atoms with van der Waals surface area (Å²) in [6.07, 6.45) is 1.37. The van der Waals surface area contributed by atoms with Crippen LogP contribution in [0.4, 0.5) is 0 Å². The zero-order chi connectivity index (χ0) is 11.0. The van der Waals surface area contributed by atoms with Crippen LogP contribution in [-0.2, 0) is 13.1 Å². The highest BCUT2D eigenvalue weighted by atomic mass is 15.3. The van der Waals surface area contributed by atoms with Gasteiger partial charge >= 0.3 is 0 Å². The van der Waals surface area contributed by atoms with E-state index in [1.807, 2.05) is 0 Å². The van der Waals surface area contributed by atoms with Gasteiger partial charge in [0.1, 0.15) is 0 Å². The Morgan fingerprint density at radius 2 is 1.81 bits per heavy atom. The van der Waals surface area contributed by atoms with E-state index in [1.54, 1.807) is 0 Å². The first kappa shape index (κ1) is 10.3. The molecule has 2 unspecified atom stereocenters. The number of piperidine rings is 1. The average Bonchev–Trinajstić information content (AvgIpc) is 2.29. The number of nitrogens with one attached hydrogen (secondary N) is 1. The molecule has 0 radical (unpaired) electrons. The third-order valence-electron chi connectivity index (χ3n) is 3.73. The Kier molecular flexibility index (Phi) is 2.67. The molecule has 3 N–H and O–H groups in total. The summed E-state index contributed by atoms with van der Waals surface area (Å²) in [4.78, 5) is 2.55. The predicted octanol–water partition coefficient (Wildman–Crippen LogP) is 0.691. The largest absolute Gasteiger partial charge is 0.326 e. The van der Waals surface area contributed by atoms with Crippen molar-refractivity contribution >= 4 is 0 Å². The Labute approximate surface area is 96.6 Å². The van der Waals surface area contributed by atoms with E-state index < -0.39 is 0 Å². The molecule has 3 saturated heterocycles. The molecular formula is C13H19N3. The van der Waals surface area contributed by atoms with Gasteiger partial charge in [0.25, 0.3) is 0 Å². The molecular weight excluding hydrogens is 198 g/mol. The number of nitrogens with zero attached hydrogens (tertiary/aromatic N) is 1. The first-order chi connectivity index (χ1) is 7.85. The highest BCUT2D eigenvalue weighted by Crippen LogP contribution is 2.23. The summed E-state index contributed by atoms with van der Waals surface area (Å²) >= 11 is 0. The van der Waals surface area contributed by atoms with Crippen molar-refractivity contribution in [3.8, 4) is 0 Å². The van der Waals surface area contributed by atoms with Gasteiger partial charge in [0, 0.05) is 38.3 Å². The van der Waals surface area contributed by atoms with Crippen molar-refractivity contribution in [3.63, 3.8) is 0 Å². The molecule has 0 aliphatic carbocycles. The van der Waals surface area contributed by atoms with Crippen LogP contribution in [-0.4, -0.2) is 30.1 Å². The fourth-order valence-corrected chi connectivity index (χ4v) is 2.89. The van der Waals surface area contributed by atoms with Gasteiger partial charge in [0.15, 0.2) is 0 Å². The van der Waals surface area contributed by atoms with Crippen LogP contribution in [0.3, 0.4) is 0 Å². The van der Waals surface area contributed by atoms with Crippen molar-refractivity contribution in [2.24, 2.45) is 5.73 Å². The van der Waals surface area contributed by atoms with Crippen LogP contribution in [0.25, 0.3) is 0 Å². The van der Waals surface area contributed by atoms with Crippen LogP contribution < -0.4 is 11.1 Å². The van der Waals surface area contributed by atoms with E-state index in [-0.39, 0.29) is 0 Å². The summed E-state index contributed by atoms with van der Waals surface area (Å²) < 4.78 is 0. The van der Waals surface area contributed by atoms with E-state index in [4.69, 9.17) is 5.73 Å². The molecule has 0 saturated carbocycles. The maximum absolute atomic E-state index is 5.76. The molecule has 0 amide bonds. The average molecular weight is 217 g/mol. The molecule has 1 aromatic rings. The summed E-state index contributed by atoms with van der Waals surface area (Å²) in [6.45, 7) is 4.09.